The number of phenols is 1. The van der Waals surface area contributed by atoms with Gasteiger partial charge in [0, 0.05) is 22.7 Å². The Labute approximate surface area is 120 Å². The summed E-state index contributed by atoms with van der Waals surface area (Å²) in [6.07, 6.45) is 0.817. The van der Waals surface area contributed by atoms with E-state index in [1.165, 1.54) is 0 Å². The topological polar surface area (TPSA) is 66.6 Å². The van der Waals surface area contributed by atoms with E-state index in [1.54, 1.807) is 23.1 Å². The van der Waals surface area contributed by atoms with Crippen LogP contribution in [0.15, 0.2) is 18.2 Å². The van der Waals surface area contributed by atoms with Crippen molar-refractivity contribution in [1.82, 2.24) is 4.90 Å². The Kier molecular flexibility index (Phi) is 4.11. The molecular formula is C13H17IN2O2. The van der Waals surface area contributed by atoms with Gasteiger partial charge < -0.3 is 15.7 Å². The van der Waals surface area contributed by atoms with Crippen LogP contribution in [0.2, 0.25) is 0 Å². The lowest BCUT2D eigenvalue weighted by molar-refractivity contribution is 0.0661. The molecule has 2 rings (SSSR count). The number of carbonyl (C=O) groups is 1. The minimum absolute atomic E-state index is 0.0444. The van der Waals surface area contributed by atoms with Gasteiger partial charge in [0.25, 0.3) is 5.91 Å². The third-order valence-electron chi connectivity index (χ3n) is 3.45. The highest BCUT2D eigenvalue weighted by Crippen LogP contribution is 2.24. The lowest BCUT2D eigenvalue weighted by Gasteiger charge is -2.35. The molecule has 1 aromatic rings. The zero-order valence-electron chi connectivity index (χ0n) is 10.3. The maximum atomic E-state index is 12.3. The summed E-state index contributed by atoms with van der Waals surface area (Å²) in [5.41, 5.74) is 6.32. The van der Waals surface area contributed by atoms with Crippen LogP contribution in [0, 0.1) is 9.49 Å². The van der Waals surface area contributed by atoms with Gasteiger partial charge in [-0.25, -0.2) is 0 Å². The van der Waals surface area contributed by atoms with Crippen LogP contribution in [0.5, 0.6) is 5.75 Å². The van der Waals surface area contributed by atoms with Crippen LogP contribution in [0.25, 0.3) is 0 Å². The number of hydrogen-bond acceptors (Lipinski definition) is 3. The van der Waals surface area contributed by atoms with E-state index < -0.39 is 0 Å². The fourth-order valence-electron chi connectivity index (χ4n) is 2.20. The van der Waals surface area contributed by atoms with E-state index in [0.29, 0.717) is 24.6 Å². The van der Waals surface area contributed by atoms with Crippen LogP contribution in [0.1, 0.15) is 23.7 Å². The highest BCUT2D eigenvalue weighted by atomic mass is 127. The van der Waals surface area contributed by atoms with E-state index >= 15 is 0 Å². The molecule has 4 nitrogen and oxygen atoms in total. The monoisotopic (exact) mass is 360 g/mol. The summed E-state index contributed by atoms with van der Waals surface area (Å²) in [5.74, 6) is 0.236. The molecule has 0 spiro atoms. The molecule has 5 heteroatoms. The maximum absolute atomic E-state index is 12.3. The molecule has 1 saturated heterocycles. The highest BCUT2D eigenvalue weighted by molar-refractivity contribution is 14.1. The van der Waals surface area contributed by atoms with Crippen LogP contribution in [0.3, 0.4) is 0 Å². The number of phenolic OH excluding ortho intramolecular Hbond substituents is 1. The fraction of sp³-hybridized carbons (Fsp3) is 0.462. The van der Waals surface area contributed by atoms with E-state index in [2.05, 4.69) is 29.5 Å². The van der Waals surface area contributed by atoms with Crippen molar-refractivity contribution in [2.75, 3.05) is 13.1 Å². The molecule has 1 aliphatic rings. The van der Waals surface area contributed by atoms with Crippen LogP contribution in [-0.2, 0) is 0 Å². The predicted molar refractivity (Wildman–Crippen MR) is 78.5 cm³/mol. The van der Waals surface area contributed by atoms with Gasteiger partial charge in [-0.15, -0.1) is 0 Å². The van der Waals surface area contributed by atoms with Gasteiger partial charge in [-0.2, -0.15) is 0 Å². The van der Waals surface area contributed by atoms with Gasteiger partial charge in [0.2, 0.25) is 0 Å². The molecule has 0 aliphatic carbocycles. The normalized spacial score (nSPS) is 24.1. The summed E-state index contributed by atoms with van der Waals surface area (Å²) in [5, 5.41) is 9.78. The molecule has 0 radical (unpaired) electrons. The lowest BCUT2D eigenvalue weighted by Crippen LogP contribution is -2.48. The molecule has 2 unspecified atom stereocenters. The predicted octanol–water partition coefficient (Wildman–Crippen LogP) is 1.81. The second kappa shape index (κ2) is 5.44. The standard InChI is InChI=1S/C13H17IN2O2/c1-8-7-16(5-4-11(8)15)13(18)10-6-9(14)2-3-12(10)17/h2-3,6,8,11,17H,4-5,7,15H2,1H3. The molecule has 1 heterocycles. The minimum Gasteiger partial charge on any atom is -0.507 e. The number of benzene rings is 1. The molecular weight excluding hydrogens is 343 g/mol. The summed E-state index contributed by atoms with van der Waals surface area (Å²) in [7, 11) is 0. The summed E-state index contributed by atoms with van der Waals surface area (Å²) >= 11 is 2.13. The number of nitrogens with zero attached hydrogens (tertiary/aromatic N) is 1. The summed E-state index contributed by atoms with van der Waals surface area (Å²) in [4.78, 5) is 14.1. The molecule has 1 fully saturated rings. The van der Waals surface area contributed by atoms with Crippen molar-refractivity contribution >= 4 is 28.5 Å². The molecule has 2 atom stereocenters. The summed E-state index contributed by atoms with van der Waals surface area (Å²) in [6.45, 7) is 3.37. The second-order valence-electron chi connectivity index (χ2n) is 4.84. The SMILES string of the molecule is CC1CN(C(=O)c2cc(I)ccc2O)CCC1N. The molecule has 18 heavy (non-hydrogen) atoms. The van der Waals surface area contributed by atoms with E-state index in [4.69, 9.17) is 5.73 Å². The first-order valence-electron chi connectivity index (χ1n) is 6.02. The largest absolute Gasteiger partial charge is 0.507 e. The van der Waals surface area contributed by atoms with Crippen molar-refractivity contribution in [1.29, 1.82) is 0 Å². The number of piperidine rings is 1. The molecule has 0 aromatic heterocycles. The molecule has 1 amide bonds. The zero-order chi connectivity index (χ0) is 13.3. The van der Waals surface area contributed by atoms with Crippen LogP contribution in [-0.4, -0.2) is 35.0 Å². The van der Waals surface area contributed by atoms with Crippen molar-refractivity contribution in [3.05, 3.63) is 27.3 Å². The molecule has 0 saturated carbocycles. The highest BCUT2D eigenvalue weighted by Gasteiger charge is 2.28. The lowest BCUT2D eigenvalue weighted by atomic mass is 9.94. The molecule has 98 valence electrons. The van der Waals surface area contributed by atoms with Crippen LogP contribution in [0.4, 0.5) is 0 Å². The van der Waals surface area contributed by atoms with Gasteiger partial charge in [0.1, 0.15) is 5.75 Å². The van der Waals surface area contributed by atoms with E-state index in [1.807, 2.05) is 0 Å². The minimum atomic E-state index is -0.107. The van der Waals surface area contributed by atoms with E-state index in [0.717, 1.165) is 9.99 Å². The number of aromatic hydroxyl groups is 1. The number of halogens is 1. The molecule has 1 aliphatic heterocycles. The maximum Gasteiger partial charge on any atom is 0.257 e. The average Bonchev–Trinajstić information content (AvgIpc) is 2.35. The number of amides is 1. The Morgan fingerprint density at radius 3 is 2.94 bits per heavy atom. The van der Waals surface area contributed by atoms with Crippen LogP contribution >= 0.6 is 22.6 Å². The Morgan fingerprint density at radius 2 is 2.28 bits per heavy atom. The molecule has 1 aromatic carbocycles. The zero-order valence-corrected chi connectivity index (χ0v) is 12.4. The Hall–Kier alpha value is -0.820. The summed E-state index contributed by atoms with van der Waals surface area (Å²) in [6, 6.07) is 5.23. The number of likely N-dealkylation sites (tertiary alicyclic amines) is 1. The molecule has 0 bridgehead atoms. The van der Waals surface area contributed by atoms with Gasteiger partial charge in [-0.3, -0.25) is 4.79 Å². The van der Waals surface area contributed by atoms with Crippen molar-refractivity contribution in [2.45, 2.75) is 19.4 Å². The Morgan fingerprint density at radius 1 is 1.56 bits per heavy atom. The van der Waals surface area contributed by atoms with Crippen molar-refractivity contribution in [2.24, 2.45) is 11.7 Å². The quantitative estimate of drug-likeness (QED) is 0.751. The first-order chi connectivity index (χ1) is 8.49. The first-order valence-corrected chi connectivity index (χ1v) is 7.10. The third-order valence-corrected chi connectivity index (χ3v) is 4.12. The van der Waals surface area contributed by atoms with Gasteiger partial charge >= 0.3 is 0 Å². The van der Waals surface area contributed by atoms with Gasteiger partial charge in [-0.1, -0.05) is 6.92 Å². The van der Waals surface area contributed by atoms with Gasteiger partial charge in [-0.05, 0) is 53.1 Å². The van der Waals surface area contributed by atoms with Crippen LogP contribution < -0.4 is 5.73 Å². The average molecular weight is 360 g/mol. The van der Waals surface area contributed by atoms with E-state index in [-0.39, 0.29) is 17.7 Å². The third kappa shape index (κ3) is 2.77. The van der Waals surface area contributed by atoms with Gasteiger partial charge in [0.15, 0.2) is 0 Å². The number of nitrogens with two attached hydrogens (primary N) is 1. The Bertz CT molecular complexity index is 464. The Balaban J connectivity index is 2.19. The second-order valence-corrected chi connectivity index (χ2v) is 6.09. The summed E-state index contributed by atoms with van der Waals surface area (Å²) < 4.78 is 0.940. The fourth-order valence-corrected chi connectivity index (χ4v) is 2.69. The van der Waals surface area contributed by atoms with E-state index in [9.17, 15) is 9.90 Å². The number of rotatable bonds is 1. The van der Waals surface area contributed by atoms with Crippen molar-refractivity contribution < 1.29 is 9.90 Å². The molecule has 3 N–H and O–H groups in total. The smallest absolute Gasteiger partial charge is 0.257 e. The first kappa shape index (κ1) is 13.6. The van der Waals surface area contributed by atoms with Crippen molar-refractivity contribution in [3.63, 3.8) is 0 Å². The van der Waals surface area contributed by atoms with Crippen molar-refractivity contribution in [3.8, 4) is 5.75 Å². The van der Waals surface area contributed by atoms with Gasteiger partial charge in [0.05, 0.1) is 5.56 Å². The number of hydrogen-bond donors (Lipinski definition) is 2. The number of carbonyl (C=O) groups excluding carboxylic acids is 1.